The Kier molecular flexibility index (Phi) is 5.64. The summed E-state index contributed by atoms with van der Waals surface area (Å²) in [6.07, 6.45) is 1.85. The van der Waals surface area contributed by atoms with Gasteiger partial charge in [0.05, 0.1) is 19.1 Å². The molecule has 1 aromatic rings. The number of benzene rings is 1. The van der Waals surface area contributed by atoms with Crippen LogP contribution in [0.1, 0.15) is 47.7 Å². The molecule has 0 amide bonds. The standard InChI is InChI=1S/C19H24O6/c1-23-19-9-3-2-4-15(19)17(22)18(24-10-11-25-19)16(21)14-7-5-13(12-20)6-8-14/h5-8,12,15-16,18,21H,2-4,9-11H2,1H3/t15-,16+,18-,19+/m1/s1. The third-order valence-electron chi connectivity index (χ3n) is 5.20. The fourth-order valence-corrected chi connectivity index (χ4v) is 3.81. The predicted octanol–water partition coefficient (Wildman–Crippen LogP) is 2.05. The molecule has 1 saturated carbocycles. The number of ketones is 1. The third kappa shape index (κ3) is 3.53. The Bertz CT molecular complexity index is 613. The van der Waals surface area contributed by atoms with Crippen LogP contribution in [0.5, 0.6) is 0 Å². The van der Waals surface area contributed by atoms with Gasteiger partial charge in [0.15, 0.2) is 11.6 Å². The van der Waals surface area contributed by atoms with Crippen LogP contribution in [0.4, 0.5) is 0 Å². The summed E-state index contributed by atoms with van der Waals surface area (Å²) in [5.74, 6) is -1.56. The Hall–Kier alpha value is -1.60. The third-order valence-corrected chi connectivity index (χ3v) is 5.20. The second-order valence-electron chi connectivity index (χ2n) is 6.59. The molecule has 1 heterocycles. The zero-order valence-electron chi connectivity index (χ0n) is 14.3. The van der Waals surface area contributed by atoms with Gasteiger partial charge in [0.1, 0.15) is 18.5 Å². The van der Waals surface area contributed by atoms with Gasteiger partial charge >= 0.3 is 0 Å². The Morgan fingerprint density at radius 1 is 1.28 bits per heavy atom. The highest BCUT2D eigenvalue weighted by Crippen LogP contribution is 2.41. The topological polar surface area (TPSA) is 82.1 Å². The first-order valence-corrected chi connectivity index (χ1v) is 8.69. The van der Waals surface area contributed by atoms with Crippen LogP contribution in [0.25, 0.3) is 0 Å². The zero-order chi connectivity index (χ0) is 17.9. The molecule has 2 fully saturated rings. The molecule has 1 N–H and O–H groups in total. The maximum atomic E-state index is 13.1. The molecule has 0 spiro atoms. The van der Waals surface area contributed by atoms with Crippen LogP contribution in [0.15, 0.2) is 24.3 Å². The zero-order valence-corrected chi connectivity index (χ0v) is 14.3. The average molecular weight is 348 g/mol. The maximum absolute atomic E-state index is 13.1. The fraction of sp³-hybridized carbons (Fsp3) is 0.579. The van der Waals surface area contributed by atoms with E-state index in [9.17, 15) is 14.7 Å². The highest BCUT2D eigenvalue weighted by Gasteiger charge is 2.50. The van der Waals surface area contributed by atoms with E-state index in [0.717, 1.165) is 19.1 Å². The second-order valence-corrected chi connectivity index (χ2v) is 6.59. The largest absolute Gasteiger partial charge is 0.385 e. The summed E-state index contributed by atoms with van der Waals surface area (Å²) < 4.78 is 17.2. The van der Waals surface area contributed by atoms with Crippen molar-refractivity contribution < 1.29 is 28.9 Å². The van der Waals surface area contributed by atoms with Gasteiger partial charge in [-0.1, -0.05) is 30.7 Å². The Morgan fingerprint density at radius 2 is 2.04 bits per heavy atom. The van der Waals surface area contributed by atoms with E-state index < -0.39 is 23.9 Å². The van der Waals surface area contributed by atoms with Gasteiger partial charge in [-0.15, -0.1) is 0 Å². The summed E-state index contributed by atoms with van der Waals surface area (Å²) in [5, 5.41) is 10.7. The molecule has 4 atom stereocenters. The molecule has 25 heavy (non-hydrogen) atoms. The van der Waals surface area contributed by atoms with Gasteiger partial charge in [0, 0.05) is 19.1 Å². The summed E-state index contributed by atoms with van der Waals surface area (Å²) in [6, 6.07) is 6.51. The lowest BCUT2D eigenvalue weighted by Gasteiger charge is -2.44. The van der Waals surface area contributed by atoms with Crippen molar-refractivity contribution in [2.45, 2.75) is 43.7 Å². The number of fused-ring (bicyclic) bond motifs is 1. The Balaban J connectivity index is 1.86. The molecule has 0 aromatic heterocycles. The number of carbonyl (C=O) groups excluding carboxylic acids is 2. The molecule has 0 unspecified atom stereocenters. The van der Waals surface area contributed by atoms with Gasteiger partial charge in [-0.2, -0.15) is 0 Å². The SMILES string of the molecule is CO[C@]12CCCC[C@@H]1C(=O)[C@@H]([C@@H](O)c1ccc(C=O)cc1)OCCO2. The molecule has 6 heteroatoms. The Morgan fingerprint density at radius 3 is 2.72 bits per heavy atom. The van der Waals surface area contributed by atoms with E-state index in [0.29, 0.717) is 30.6 Å². The molecule has 6 nitrogen and oxygen atoms in total. The molecule has 136 valence electrons. The lowest BCUT2D eigenvalue weighted by atomic mass is 9.77. The molecule has 2 aliphatic rings. The van der Waals surface area contributed by atoms with Crippen LogP contribution < -0.4 is 0 Å². The van der Waals surface area contributed by atoms with Crippen molar-refractivity contribution in [1.29, 1.82) is 0 Å². The van der Waals surface area contributed by atoms with Crippen molar-refractivity contribution in [2.24, 2.45) is 5.92 Å². The summed E-state index contributed by atoms with van der Waals surface area (Å²) >= 11 is 0. The van der Waals surface area contributed by atoms with Crippen LogP contribution in [-0.4, -0.2) is 49.4 Å². The predicted molar refractivity (Wildman–Crippen MR) is 89.2 cm³/mol. The fourth-order valence-electron chi connectivity index (χ4n) is 3.81. The number of aliphatic hydroxyl groups excluding tert-OH is 1. The van der Waals surface area contributed by atoms with Crippen molar-refractivity contribution in [1.82, 2.24) is 0 Å². The maximum Gasteiger partial charge on any atom is 0.177 e. The van der Waals surface area contributed by atoms with Gasteiger partial charge in [-0.3, -0.25) is 9.59 Å². The summed E-state index contributed by atoms with van der Waals surface area (Å²) in [5.41, 5.74) is 1.06. The van der Waals surface area contributed by atoms with Gasteiger partial charge in [0.25, 0.3) is 0 Å². The minimum Gasteiger partial charge on any atom is -0.385 e. The number of Topliss-reactive ketones (excluding diaryl/α,β-unsaturated/α-hetero) is 1. The molecule has 1 aliphatic heterocycles. The Labute approximate surface area is 147 Å². The first-order chi connectivity index (χ1) is 12.1. The second kappa shape index (κ2) is 7.74. The van der Waals surface area contributed by atoms with E-state index in [1.54, 1.807) is 31.4 Å². The van der Waals surface area contributed by atoms with E-state index >= 15 is 0 Å². The minimum absolute atomic E-state index is 0.187. The van der Waals surface area contributed by atoms with Crippen LogP contribution in [-0.2, 0) is 19.0 Å². The number of aldehydes is 1. The molecular formula is C19H24O6. The number of ether oxygens (including phenoxy) is 3. The van der Waals surface area contributed by atoms with Crippen LogP contribution >= 0.6 is 0 Å². The quantitative estimate of drug-likeness (QED) is 0.839. The number of aliphatic hydroxyl groups is 1. The van der Waals surface area contributed by atoms with Crippen molar-refractivity contribution in [3.63, 3.8) is 0 Å². The lowest BCUT2D eigenvalue weighted by Crippen LogP contribution is -2.54. The number of carbonyl (C=O) groups is 2. The average Bonchev–Trinajstić information content (AvgIpc) is 2.66. The van der Waals surface area contributed by atoms with E-state index in [-0.39, 0.29) is 12.4 Å². The van der Waals surface area contributed by atoms with Crippen LogP contribution in [0.3, 0.4) is 0 Å². The molecular weight excluding hydrogens is 324 g/mol. The normalized spacial score (nSPS) is 31.5. The van der Waals surface area contributed by atoms with Gasteiger partial charge in [-0.05, 0) is 18.4 Å². The summed E-state index contributed by atoms with van der Waals surface area (Å²) in [4.78, 5) is 23.9. The van der Waals surface area contributed by atoms with Gasteiger partial charge in [0.2, 0.25) is 0 Å². The van der Waals surface area contributed by atoms with Crippen LogP contribution in [0, 0.1) is 5.92 Å². The first-order valence-electron chi connectivity index (χ1n) is 8.69. The molecule has 1 aromatic carbocycles. The van der Waals surface area contributed by atoms with Crippen molar-refractivity contribution in [3.05, 3.63) is 35.4 Å². The van der Waals surface area contributed by atoms with Crippen molar-refractivity contribution in [2.75, 3.05) is 20.3 Å². The smallest absolute Gasteiger partial charge is 0.177 e. The van der Waals surface area contributed by atoms with Crippen molar-refractivity contribution in [3.8, 4) is 0 Å². The van der Waals surface area contributed by atoms with E-state index in [1.807, 2.05) is 0 Å². The van der Waals surface area contributed by atoms with Crippen LogP contribution in [0.2, 0.25) is 0 Å². The molecule has 0 radical (unpaired) electrons. The number of hydrogen-bond acceptors (Lipinski definition) is 6. The number of hydrogen-bond donors (Lipinski definition) is 1. The van der Waals surface area contributed by atoms with E-state index in [1.165, 1.54) is 0 Å². The van der Waals surface area contributed by atoms with Gasteiger partial charge in [-0.25, -0.2) is 0 Å². The monoisotopic (exact) mass is 348 g/mol. The first kappa shape index (κ1) is 18.2. The van der Waals surface area contributed by atoms with E-state index in [4.69, 9.17) is 14.2 Å². The molecule has 1 saturated heterocycles. The van der Waals surface area contributed by atoms with Gasteiger partial charge < -0.3 is 19.3 Å². The lowest BCUT2D eigenvalue weighted by molar-refractivity contribution is -0.277. The molecule has 1 aliphatic carbocycles. The molecule has 3 rings (SSSR count). The summed E-state index contributed by atoms with van der Waals surface area (Å²) in [7, 11) is 1.57. The highest BCUT2D eigenvalue weighted by molar-refractivity contribution is 5.87. The number of rotatable bonds is 4. The van der Waals surface area contributed by atoms with Crippen molar-refractivity contribution >= 4 is 12.1 Å². The van der Waals surface area contributed by atoms with E-state index in [2.05, 4.69) is 0 Å². The molecule has 0 bridgehead atoms. The summed E-state index contributed by atoms with van der Waals surface area (Å²) in [6.45, 7) is 0.517. The minimum atomic E-state index is -1.09. The highest BCUT2D eigenvalue weighted by atomic mass is 16.7. The number of methoxy groups -OCH3 is 1.